The van der Waals surface area contributed by atoms with Crippen LogP contribution in [0.15, 0.2) is 79.1 Å². The summed E-state index contributed by atoms with van der Waals surface area (Å²) in [5, 5.41) is 11.3. The van der Waals surface area contributed by atoms with E-state index in [0.717, 1.165) is 42.8 Å². The Morgan fingerprint density at radius 1 is 0.957 bits per heavy atom. The normalized spacial score (nSPS) is 17.6. The van der Waals surface area contributed by atoms with E-state index in [9.17, 15) is 14.0 Å². The van der Waals surface area contributed by atoms with Crippen molar-refractivity contribution >= 4 is 34.4 Å². The van der Waals surface area contributed by atoms with E-state index in [0.29, 0.717) is 46.9 Å². The third kappa shape index (κ3) is 6.11. The van der Waals surface area contributed by atoms with Crippen LogP contribution in [0.4, 0.5) is 15.9 Å². The van der Waals surface area contributed by atoms with Gasteiger partial charge in [-0.1, -0.05) is 18.2 Å². The Hall–Kier alpha value is -5.36. The second-order valence-electron chi connectivity index (χ2n) is 11.6. The van der Waals surface area contributed by atoms with Gasteiger partial charge < -0.3 is 15.8 Å². The quantitative estimate of drug-likeness (QED) is 0.203. The number of fused-ring (bicyclic) bond motifs is 1. The van der Waals surface area contributed by atoms with Crippen molar-refractivity contribution < 1.29 is 18.7 Å². The van der Waals surface area contributed by atoms with Gasteiger partial charge in [-0.15, -0.1) is 0 Å². The average molecular weight is 621 g/mol. The monoisotopic (exact) mass is 620 g/mol. The topological polar surface area (TPSA) is 140 Å². The predicted octanol–water partition coefficient (Wildman–Crippen LogP) is 5.06. The van der Waals surface area contributed by atoms with Crippen molar-refractivity contribution in [2.75, 3.05) is 24.1 Å². The van der Waals surface area contributed by atoms with Crippen LogP contribution in [0.25, 0.3) is 22.3 Å². The van der Waals surface area contributed by atoms with Crippen molar-refractivity contribution in [1.29, 1.82) is 0 Å². The van der Waals surface area contributed by atoms with E-state index in [1.54, 1.807) is 6.07 Å². The van der Waals surface area contributed by atoms with Gasteiger partial charge in [-0.05, 0) is 79.4 Å². The average Bonchev–Trinajstić information content (AvgIpc) is 3.46. The fourth-order valence-corrected chi connectivity index (χ4v) is 6.17. The number of carbonyl (C=O) groups excluding carboxylic acids is 2. The Kier molecular flexibility index (Phi) is 8.02. The van der Waals surface area contributed by atoms with Gasteiger partial charge in [0.05, 0.1) is 11.4 Å². The lowest BCUT2D eigenvalue weighted by molar-refractivity contribution is -0.133. The number of aromatic nitrogens is 4. The summed E-state index contributed by atoms with van der Waals surface area (Å²) in [6.45, 7) is 2.02. The molecule has 46 heavy (non-hydrogen) atoms. The summed E-state index contributed by atoms with van der Waals surface area (Å²) in [5.41, 5.74) is 10.1. The number of likely N-dealkylation sites (tertiary alicyclic amines) is 1. The Morgan fingerprint density at radius 2 is 1.72 bits per heavy atom. The van der Waals surface area contributed by atoms with E-state index in [-0.39, 0.29) is 30.1 Å². The number of rotatable bonds is 8. The molecular formula is C34H33FN8O3. The highest BCUT2D eigenvalue weighted by atomic mass is 19.1. The van der Waals surface area contributed by atoms with E-state index < -0.39 is 6.04 Å². The minimum absolute atomic E-state index is 0.0797. The minimum atomic E-state index is -0.544. The zero-order chi connectivity index (χ0) is 31.6. The van der Waals surface area contributed by atoms with Gasteiger partial charge in [0.1, 0.15) is 41.2 Å². The van der Waals surface area contributed by atoms with Crippen LogP contribution in [0.2, 0.25) is 0 Å². The van der Waals surface area contributed by atoms with Crippen LogP contribution < -0.4 is 21.1 Å². The molecule has 12 heteroatoms. The summed E-state index contributed by atoms with van der Waals surface area (Å²) in [6.07, 6.45) is 3.73. The third-order valence-corrected chi connectivity index (χ3v) is 8.56. The molecule has 234 valence electrons. The molecule has 4 heterocycles. The summed E-state index contributed by atoms with van der Waals surface area (Å²) >= 11 is 0. The van der Waals surface area contributed by atoms with Crippen molar-refractivity contribution in [1.82, 2.24) is 30.0 Å². The Bertz CT molecular complexity index is 1890. The van der Waals surface area contributed by atoms with Crippen LogP contribution in [-0.4, -0.2) is 55.6 Å². The molecule has 5 aromatic rings. The number of nitrogens with zero attached hydrogens (tertiary/aromatic N) is 5. The van der Waals surface area contributed by atoms with Gasteiger partial charge in [-0.25, -0.2) is 19.0 Å². The number of carbonyl (C=O) groups is 2. The second kappa shape index (κ2) is 12.6. The van der Waals surface area contributed by atoms with Gasteiger partial charge in [-0.3, -0.25) is 19.8 Å². The molecule has 1 unspecified atom stereocenters. The first kappa shape index (κ1) is 29.4. The number of nitrogens with two attached hydrogens (primary N) is 1. The number of ether oxygens (including phenoxy) is 1. The van der Waals surface area contributed by atoms with Crippen molar-refractivity contribution in [3.63, 3.8) is 0 Å². The first-order valence-corrected chi connectivity index (χ1v) is 15.3. The van der Waals surface area contributed by atoms with E-state index in [4.69, 9.17) is 15.6 Å². The fourth-order valence-electron chi connectivity index (χ4n) is 6.17. The maximum Gasteiger partial charge on any atom is 0.249 e. The van der Waals surface area contributed by atoms with Gasteiger partial charge >= 0.3 is 0 Å². The van der Waals surface area contributed by atoms with Crippen LogP contribution in [-0.2, 0) is 16.1 Å². The van der Waals surface area contributed by atoms with E-state index >= 15 is 0 Å². The SMILES string of the molecule is Nc1ncnc2c1c(-c1ccc(Oc3ccccc3)cc1)nn2C1CCN(Cc2cc(F)ccc2NC2CCC(=O)NC2=O)CC1. The number of imide groups is 1. The molecule has 2 aliphatic rings. The number of nitrogen functional groups attached to an aromatic ring is 1. The molecule has 0 radical (unpaired) electrons. The van der Waals surface area contributed by atoms with Gasteiger partial charge in [0.25, 0.3) is 0 Å². The molecule has 0 aliphatic carbocycles. The number of halogens is 1. The molecule has 2 aromatic heterocycles. The molecule has 0 bridgehead atoms. The molecule has 7 rings (SSSR count). The van der Waals surface area contributed by atoms with Gasteiger partial charge in [0.15, 0.2) is 5.65 Å². The molecule has 2 amide bonds. The summed E-state index contributed by atoms with van der Waals surface area (Å²) in [6, 6.07) is 21.4. The largest absolute Gasteiger partial charge is 0.457 e. The van der Waals surface area contributed by atoms with Crippen LogP contribution in [0.3, 0.4) is 0 Å². The molecule has 1 atom stereocenters. The van der Waals surface area contributed by atoms with E-state index in [2.05, 4.69) is 25.5 Å². The smallest absolute Gasteiger partial charge is 0.249 e. The van der Waals surface area contributed by atoms with Crippen molar-refractivity contribution in [3.8, 4) is 22.8 Å². The lowest BCUT2D eigenvalue weighted by Gasteiger charge is -2.33. The number of benzene rings is 3. The van der Waals surface area contributed by atoms with E-state index in [1.807, 2.05) is 59.3 Å². The van der Waals surface area contributed by atoms with Crippen LogP contribution >= 0.6 is 0 Å². The van der Waals surface area contributed by atoms with Crippen molar-refractivity contribution in [2.45, 2.75) is 44.3 Å². The first-order chi connectivity index (χ1) is 22.4. The van der Waals surface area contributed by atoms with Gasteiger partial charge in [-0.2, -0.15) is 5.10 Å². The first-order valence-electron chi connectivity index (χ1n) is 15.3. The minimum Gasteiger partial charge on any atom is -0.457 e. The fraction of sp³-hybridized carbons (Fsp3) is 0.265. The number of hydrogen-bond donors (Lipinski definition) is 3. The number of nitrogens with one attached hydrogen (secondary N) is 2. The van der Waals surface area contributed by atoms with Crippen LogP contribution in [0.5, 0.6) is 11.5 Å². The maximum absolute atomic E-state index is 14.3. The molecule has 2 fully saturated rings. The predicted molar refractivity (Wildman–Crippen MR) is 171 cm³/mol. The van der Waals surface area contributed by atoms with Crippen molar-refractivity contribution in [3.05, 3.63) is 90.5 Å². The number of amides is 2. The molecular weight excluding hydrogens is 587 g/mol. The molecule has 0 spiro atoms. The zero-order valence-electron chi connectivity index (χ0n) is 25.0. The van der Waals surface area contributed by atoms with E-state index in [1.165, 1.54) is 18.5 Å². The second-order valence-corrected chi connectivity index (χ2v) is 11.6. The highest BCUT2D eigenvalue weighted by Gasteiger charge is 2.29. The molecule has 2 saturated heterocycles. The highest BCUT2D eigenvalue weighted by Crippen LogP contribution is 2.35. The molecule has 4 N–H and O–H groups in total. The standard InChI is InChI=1S/C34H33FN8O3/c35-23-8-11-27(39-28-12-13-29(44)40-34(28)45)22(18-23)19-42-16-14-24(15-17-42)43-33-30(32(36)37-20-38-33)31(41-43)21-6-9-26(10-7-21)46-25-4-2-1-3-5-25/h1-11,18,20,24,28,39H,12-17,19H2,(H2,36,37,38)(H,40,44,45). The number of hydrogen-bond acceptors (Lipinski definition) is 9. The maximum atomic E-state index is 14.3. The zero-order valence-corrected chi connectivity index (χ0v) is 25.0. The van der Waals surface area contributed by atoms with Gasteiger partial charge in [0.2, 0.25) is 11.8 Å². The number of piperidine rings is 2. The Labute approximate surface area is 264 Å². The highest BCUT2D eigenvalue weighted by molar-refractivity contribution is 6.01. The number of anilines is 2. The van der Waals surface area contributed by atoms with Gasteiger partial charge in [0, 0.05) is 37.3 Å². The Balaban J connectivity index is 1.07. The number of para-hydroxylation sites is 1. The van der Waals surface area contributed by atoms with Crippen LogP contribution in [0.1, 0.15) is 37.3 Å². The molecule has 11 nitrogen and oxygen atoms in total. The van der Waals surface area contributed by atoms with Crippen LogP contribution in [0, 0.1) is 5.82 Å². The summed E-state index contributed by atoms with van der Waals surface area (Å²) < 4.78 is 22.2. The Morgan fingerprint density at radius 3 is 2.48 bits per heavy atom. The summed E-state index contributed by atoms with van der Waals surface area (Å²) in [4.78, 5) is 35.0. The lowest BCUT2D eigenvalue weighted by Crippen LogP contribution is -2.47. The molecule has 2 aliphatic heterocycles. The summed E-state index contributed by atoms with van der Waals surface area (Å²) in [5.74, 6) is 0.862. The van der Waals surface area contributed by atoms with Crippen molar-refractivity contribution in [2.24, 2.45) is 0 Å². The third-order valence-electron chi connectivity index (χ3n) is 8.56. The lowest BCUT2D eigenvalue weighted by atomic mass is 10.0. The summed E-state index contributed by atoms with van der Waals surface area (Å²) in [7, 11) is 0. The molecule has 0 saturated carbocycles. The molecule has 3 aromatic carbocycles.